The standard InChI is InChI=1S/C20H17N3O5S/c1-10-8-14(11(2)28-10)17(24)15-16(12-4-6-13(27-3)7-5-12)23(19(26)18(15)25)20-22-21-9-29-20/h4-9,16,25H,1-3H3. The molecule has 8 nitrogen and oxygen atoms in total. The number of carbonyl (C=O) groups excluding carboxylic acids is 2. The Hall–Kier alpha value is -3.46. The molecule has 1 unspecified atom stereocenters. The van der Waals surface area contributed by atoms with E-state index >= 15 is 0 Å². The number of methoxy groups -OCH3 is 1. The Labute approximate surface area is 170 Å². The minimum Gasteiger partial charge on any atom is -0.503 e. The summed E-state index contributed by atoms with van der Waals surface area (Å²) < 4.78 is 10.7. The van der Waals surface area contributed by atoms with Crippen molar-refractivity contribution in [2.75, 3.05) is 12.0 Å². The molecule has 3 heterocycles. The fourth-order valence-electron chi connectivity index (χ4n) is 3.41. The molecule has 29 heavy (non-hydrogen) atoms. The predicted octanol–water partition coefficient (Wildman–Crippen LogP) is 3.54. The summed E-state index contributed by atoms with van der Waals surface area (Å²) >= 11 is 1.14. The fraction of sp³-hybridized carbons (Fsp3) is 0.200. The molecule has 0 fully saturated rings. The van der Waals surface area contributed by atoms with E-state index < -0.39 is 23.5 Å². The number of aliphatic hydroxyl groups excluding tert-OH is 1. The van der Waals surface area contributed by atoms with Gasteiger partial charge in [0.2, 0.25) is 5.13 Å². The lowest BCUT2D eigenvalue weighted by Gasteiger charge is -2.24. The van der Waals surface area contributed by atoms with Crippen molar-refractivity contribution < 1.29 is 23.8 Å². The van der Waals surface area contributed by atoms with Crippen LogP contribution in [0.4, 0.5) is 5.13 Å². The highest BCUT2D eigenvalue weighted by Gasteiger charge is 2.46. The number of anilines is 1. The monoisotopic (exact) mass is 411 g/mol. The SMILES string of the molecule is COc1ccc(C2C(C(=O)c3cc(C)oc3C)=C(O)C(=O)N2c2nncs2)cc1. The Morgan fingerprint density at radius 3 is 2.55 bits per heavy atom. The van der Waals surface area contributed by atoms with Gasteiger partial charge in [-0.2, -0.15) is 0 Å². The van der Waals surface area contributed by atoms with Crippen LogP contribution >= 0.6 is 11.3 Å². The molecule has 148 valence electrons. The Kier molecular flexibility index (Phi) is 4.67. The van der Waals surface area contributed by atoms with Crippen molar-refractivity contribution in [3.63, 3.8) is 0 Å². The van der Waals surface area contributed by atoms with Crippen LogP contribution in [0.5, 0.6) is 5.75 Å². The van der Waals surface area contributed by atoms with Crippen LogP contribution in [0.3, 0.4) is 0 Å². The number of Topliss-reactive ketones (excluding diaryl/α,β-unsaturated/α-hetero) is 1. The van der Waals surface area contributed by atoms with Crippen LogP contribution in [0.2, 0.25) is 0 Å². The molecule has 1 aliphatic rings. The number of hydrogen-bond donors (Lipinski definition) is 1. The fourth-order valence-corrected chi connectivity index (χ4v) is 3.99. The third kappa shape index (κ3) is 3.09. The largest absolute Gasteiger partial charge is 0.503 e. The minimum atomic E-state index is -0.858. The van der Waals surface area contributed by atoms with Crippen LogP contribution in [-0.4, -0.2) is 34.1 Å². The molecule has 0 radical (unpaired) electrons. The number of aliphatic hydroxyl groups is 1. The number of nitrogens with zero attached hydrogens (tertiary/aromatic N) is 3. The first-order valence-corrected chi connectivity index (χ1v) is 9.59. The molecule has 1 atom stereocenters. The van der Waals surface area contributed by atoms with E-state index in [1.165, 1.54) is 10.4 Å². The van der Waals surface area contributed by atoms with Gasteiger partial charge in [-0.15, -0.1) is 10.2 Å². The molecule has 1 aliphatic heterocycles. The zero-order valence-corrected chi connectivity index (χ0v) is 16.7. The Balaban J connectivity index is 1.87. The average molecular weight is 411 g/mol. The highest BCUT2D eigenvalue weighted by molar-refractivity contribution is 7.13. The highest BCUT2D eigenvalue weighted by atomic mass is 32.1. The topological polar surface area (TPSA) is 106 Å². The van der Waals surface area contributed by atoms with Gasteiger partial charge in [0.15, 0.2) is 11.5 Å². The molecule has 9 heteroatoms. The van der Waals surface area contributed by atoms with Crippen molar-refractivity contribution >= 4 is 28.2 Å². The molecule has 3 aromatic rings. The molecular formula is C20H17N3O5S. The third-order valence-electron chi connectivity index (χ3n) is 4.72. The van der Waals surface area contributed by atoms with Gasteiger partial charge in [-0.25, -0.2) is 0 Å². The number of ketones is 1. The number of rotatable bonds is 5. The third-order valence-corrected chi connectivity index (χ3v) is 5.41. The van der Waals surface area contributed by atoms with E-state index in [2.05, 4.69) is 10.2 Å². The van der Waals surface area contributed by atoms with Gasteiger partial charge in [0.1, 0.15) is 22.8 Å². The van der Waals surface area contributed by atoms with E-state index in [0.717, 1.165) is 11.3 Å². The molecule has 1 amide bonds. The molecule has 0 bridgehead atoms. The number of furan rings is 1. The van der Waals surface area contributed by atoms with Crippen LogP contribution in [0.15, 0.2) is 51.6 Å². The molecule has 0 saturated heterocycles. The summed E-state index contributed by atoms with van der Waals surface area (Å²) in [4.78, 5) is 27.5. The van der Waals surface area contributed by atoms with Gasteiger partial charge in [-0.3, -0.25) is 14.5 Å². The average Bonchev–Trinajstić information content (AvgIpc) is 3.41. The van der Waals surface area contributed by atoms with E-state index in [1.807, 2.05) is 0 Å². The maximum absolute atomic E-state index is 13.3. The maximum atomic E-state index is 13.3. The Bertz CT molecular complexity index is 1120. The van der Waals surface area contributed by atoms with Gasteiger partial charge < -0.3 is 14.3 Å². The molecule has 0 spiro atoms. The zero-order valence-electron chi connectivity index (χ0n) is 15.9. The number of carbonyl (C=O) groups is 2. The maximum Gasteiger partial charge on any atom is 0.296 e. The van der Waals surface area contributed by atoms with Gasteiger partial charge in [0, 0.05) is 0 Å². The van der Waals surface area contributed by atoms with Crippen LogP contribution in [0.25, 0.3) is 0 Å². The zero-order chi connectivity index (χ0) is 20.7. The van der Waals surface area contributed by atoms with Crippen molar-refractivity contribution in [1.82, 2.24) is 10.2 Å². The molecule has 1 aromatic carbocycles. The number of aryl methyl sites for hydroxylation is 2. The lowest BCUT2D eigenvalue weighted by Crippen LogP contribution is -2.31. The minimum absolute atomic E-state index is 0.0285. The second-order valence-corrected chi connectivity index (χ2v) is 7.30. The van der Waals surface area contributed by atoms with Crippen LogP contribution in [-0.2, 0) is 4.79 Å². The van der Waals surface area contributed by atoms with Gasteiger partial charge in [0.05, 0.1) is 24.3 Å². The first kappa shape index (κ1) is 18.9. The Morgan fingerprint density at radius 1 is 1.28 bits per heavy atom. The summed E-state index contributed by atoms with van der Waals surface area (Å²) in [6.07, 6.45) is 0. The molecule has 0 aliphatic carbocycles. The summed E-state index contributed by atoms with van der Waals surface area (Å²) in [6.45, 7) is 3.39. The number of ether oxygens (including phenoxy) is 1. The van der Waals surface area contributed by atoms with Gasteiger partial charge >= 0.3 is 0 Å². The summed E-state index contributed by atoms with van der Waals surface area (Å²) in [5.74, 6) is -0.172. The number of hydrogen-bond acceptors (Lipinski definition) is 8. The summed E-state index contributed by atoms with van der Waals surface area (Å²) in [7, 11) is 1.55. The van der Waals surface area contributed by atoms with Gasteiger partial charge in [0.25, 0.3) is 5.91 Å². The Morgan fingerprint density at radius 2 is 2.00 bits per heavy atom. The normalized spacial score (nSPS) is 16.6. The van der Waals surface area contributed by atoms with Crippen molar-refractivity contribution in [3.05, 3.63) is 69.8 Å². The summed E-state index contributed by atoms with van der Waals surface area (Å²) in [5, 5.41) is 18.7. The van der Waals surface area contributed by atoms with Crippen molar-refractivity contribution in [2.24, 2.45) is 0 Å². The van der Waals surface area contributed by atoms with E-state index in [9.17, 15) is 14.7 Å². The molecule has 1 N–H and O–H groups in total. The second-order valence-electron chi connectivity index (χ2n) is 6.49. The van der Waals surface area contributed by atoms with Crippen molar-refractivity contribution in [3.8, 4) is 5.75 Å². The predicted molar refractivity (Wildman–Crippen MR) is 105 cm³/mol. The summed E-state index contributed by atoms with van der Waals surface area (Å²) in [5.41, 5.74) is 2.38. The second kappa shape index (κ2) is 7.17. The van der Waals surface area contributed by atoms with E-state index in [0.29, 0.717) is 28.4 Å². The van der Waals surface area contributed by atoms with Gasteiger partial charge in [-0.05, 0) is 37.6 Å². The molecule has 4 rings (SSSR count). The quantitative estimate of drug-likeness (QED) is 0.640. The van der Waals surface area contributed by atoms with E-state index in [1.54, 1.807) is 51.3 Å². The number of amides is 1. The van der Waals surface area contributed by atoms with Crippen LogP contribution < -0.4 is 9.64 Å². The van der Waals surface area contributed by atoms with E-state index in [-0.39, 0.29) is 10.7 Å². The lowest BCUT2D eigenvalue weighted by molar-refractivity contribution is -0.117. The van der Waals surface area contributed by atoms with Crippen LogP contribution in [0.1, 0.15) is 33.5 Å². The molecular weight excluding hydrogens is 394 g/mol. The molecule has 2 aromatic heterocycles. The highest BCUT2D eigenvalue weighted by Crippen LogP contribution is 2.42. The van der Waals surface area contributed by atoms with Crippen molar-refractivity contribution in [1.29, 1.82) is 0 Å². The molecule has 0 saturated carbocycles. The van der Waals surface area contributed by atoms with Gasteiger partial charge in [-0.1, -0.05) is 23.5 Å². The van der Waals surface area contributed by atoms with Crippen LogP contribution in [0, 0.1) is 13.8 Å². The number of aromatic nitrogens is 2. The first-order chi connectivity index (χ1) is 13.9. The smallest absolute Gasteiger partial charge is 0.296 e. The summed E-state index contributed by atoms with van der Waals surface area (Å²) in [6, 6.07) is 7.67. The first-order valence-electron chi connectivity index (χ1n) is 8.71. The van der Waals surface area contributed by atoms with Crippen molar-refractivity contribution in [2.45, 2.75) is 19.9 Å². The lowest BCUT2D eigenvalue weighted by atomic mass is 9.93. The number of benzene rings is 1. The van der Waals surface area contributed by atoms with E-state index in [4.69, 9.17) is 9.15 Å².